The second-order valence-electron chi connectivity index (χ2n) is 5.71. The Morgan fingerprint density at radius 1 is 1.11 bits per heavy atom. The lowest BCUT2D eigenvalue weighted by molar-refractivity contribution is 0.187. The first-order valence-electron chi connectivity index (χ1n) is 7.58. The van der Waals surface area contributed by atoms with Gasteiger partial charge in [-0.15, -0.1) is 0 Å². The molecule has 1 N–H and O–H groups in total. The summed E-state index contributed by atoms with van der Waals surface area (Å²) in [6.45, 7) is 5.31. The van der Waals surface area contributed by atoms with Crippen molar-refractivity contribution in [3.63, 3.8) is 0 Å². The molecule has 1 atom stereocenters. The SMILES string of the molecule is c1cc(N2CCCCC2)ccc1NCC1CCOC1. The molecule has 0 aromatic heterocycles. The van der Waals surface area contributed by atoms with Gasteiger partial charge in [0.25, 0.3) is 0 Å². The highest BCUT2D eigenvalue weighted by atomic mass is 16.5. The largest absolute Gasteiger partial charge is 0.385 e. The summed E-state index contributed by atoms with van der Waals surface area (Å²) in [5, 5.41) is 3.52. The lowest BCUT2D eigenvalue weighted by atomic mass is 10.1. The molecule has 0 amide bonds. The van der Waals surface area contributed by atoms with Crippen LogP contribution in [0.3, 0.4) is 0 Å². The second kappa shape index (κ2) is 6.29. The van der Waals surface area contributed by atoms with Crippen molar-refractivity contribution in [1.82, 2.24) is 0 Å². The molecule has 1 aromatic carbocycles. The van der Waals surface area contributed by atoms with Crippen LogP contribution >= 0.6 is 0 Å². The number of ether oxygens (including phenoxy) is 1. The molecule has 0 radical (unpaired) electrons. The van der Waals surface area contributed by atoms with Crippen molar-refractivity contribution in [3.8, 4) is 0 Å². The Morgan fingerprint density at radius 2 is 1.89 bits per heavy atom. The van der Waals surface area contributed by atoms with E-state index in [1.54, 1.807) is 0 Å². The number of nitrogens with one attached hydrogen (secondary N) is 1. The monoisotopic (exact) mass is 260 g/mol. The van der Waals surface area contributed by atoms with Gasteiger partial charge in [-0.2, -0.15) is 0 Å². The van der Waals surface area contributed by atoms with E-state index in [2.05, 4.69) is 34.5 Å². The van der Waals surface area contributed by atoms with Gasteiger partial charge in [0.15, 0.2) is 0 Å². The molecular formula is C16H24N2O. The van der Waals surface area contributed by atoms with Crippen LogP contribution in [0.25, 0.3) is 0 Å². The van der Waals surface area contributed by atoms with Crippen LogP contribution in [0.4, 0.5) is 11.4 Å². The van der Waals surface area contributed by atoms with E-state index in [0.29, 0.717) is 5.92 Å². The molecule has 3 nitrogen and oxygen atoms in total. The standard InChI is InChI=1S/C16H24N2O/c1-2-9-18(10-3-1)16-6-4-15(5-7-16)17-12-14-8-11-19-13-14/h4-7,14,17H,1-3,8-13H2. The van der Waals surface area contributed by atoms with E-state index in [1.807, 2.05) is 0 Å². The van der Waals surface area contributed by atoms with Gasteiger partial charge in [-0.1, -0.05) is 0 Å². The van der Waals surface area contributed by atoms with Crippen molar-refractivity contribution < 1.29 is 4.74 Å². The number of benzene rings is 1. The third-order valence-electron chi connectivity index (χ3n) is 4.21. The normalized spacial score (nSPS) is 23.6. The maximum atomic E-state index is 5.40. The predicted molar refractivity (Wildman–Crippen MR) is 79.9 cm³/mol. The number of nitrogens with zero attached hydrogens (tertiary/aromatic N) is 1. The summed E-state index contributed by atoms with van der Waals surface area (Å²) in [5.41, 5.74) is 2.60. The highest BCUT2D eigenvalue weighted by Gasteiger charge is 2.15. The lowest BCUT2D eigenvalue weighted by Crippen LogP contribution is -2.29. The van der Waals surface area contributed by atoms with Gasteiger partial charge < -0.3 is 15.0 Å². The molecule has 19 heavy (non-hydrogen) atoms. The molecule has 2 aliphatic rings. The van der Waals surface area contributed by atoms with Crippen molar-refractivity contribution in [2.45, 2.75) is 25.7 Å². The average molecular weight is 260 g/mol. The van der Waals surface area contributed by atoms with E-state index in [-0.39, 0.29) is 0 Å². The Balaban J connectivity index is 1.52. The fourth-order valence-corrected chi connectivity index (χ4v) is 2.95. The minimum atomic E-state index is 0.682. The Hall–Kier alpha value is -1.22. The molecule has 0 bridgehead atoms. The van der Waals surface area contributed by atoms with Crippen LogP contribution < -0.4 is 10.2 Å². The maximum Gasteiger partial charge on any atom is 0.0511 e. The van der Waals surface area contributed by atoms with Crippen LogP contribution in [0.15, 0.2) is 24.3 Å². The highest BCUT2D eigenvalue weighted by molar-refractivity contribution is 5.55. The van der Waals surface area contributed by atoms with Gasteiger partial charge in [-0.05, 0) is 49.9 Å². The maximum absolute atomic E-state index is 5.40. The quantitative estimate of drug-likeness (QED) is 0.900. The van der Waals surface area contributed by atoms with E-state index in [1.165, 1.54) is 50.1 Å². The Bertz CT molecular complexity index is 378. The van der Waals surface area contributed by atoms with Crippen LogP contribution in [-0.2, 0) is 4.74 Å². The van der Waals surface area contributed by atoms with Crippen LogP contribution in [0.1, 0.15) is 25.7 Å². The zero-order valence-corrected chi connectivity index (χ0v) is 11.6. The smallest absolute Gasteiger partial charge is 0.0511 e. The number of hydrogen-bond acceptors (Lipinski definition) is 3. The fraction of sp³-hybridized carbons (Fsp3) is 0.625. The summed E-state index contributed by atoms with van der Waals surface area (Å²) in [6.07, 6.45) is 5.25. The zero-order chi connectivity index (χ0) is 12.9. The molecule has 0 aliphatic carbocycles. The van der Waals surface area contributed by atoms with Crippen LogP contribution in [0.5, 0.6) is 0 Å². The van der Waals surface area contributed by atoms with Gasteiger partial charge in [0.2, 0.25) is 0 Å². The first kappa shape index (κ1) is 12.8. The number of anilines is 2. The Kier molecular flexibility index (Phi) is 4.23. The summed E-state index contributed by atoms with van der Waals surface area (Å²) < 4.78 is 5.40. The lowest BCUT2D eigenvalue weighted by Gasteiger charge is -2.29. The molecule has 1 aromatic rings. The number of hydrogen-bond donors (Lipinski definition) is 1. The number of rotatable bonds is 4. The summed E-state index contributed by atoms with van der Waals surface area (Å²) in [4.78, 5) is 2.50. The second-order valence-corrected chi connectivity index (χ2v) is 5.71. The summed E-state index contributed by atoms with van der Waals surface area (Å²) in [7, 11) is 0. The zero-order valence-electron chi connectivity index (χ0n) is 11.6. The van der Waals surface area contributed by atoms with Crippen molar-refractivity contribution in [2.24, 2.45) is 5.92 Å². The summed E-state index contributed by atoms with van der Waals surface area (Å²) in [6, 6.07) is 8.91. The van der Waals surface area contributed by atoms with Gasteiger partial charge in [0.1, 0.15) is 0 Å². The predicted octanol–water partition coefficient (Wildman–Crippen LogP) is 3.13. The van der Waals surface area contributed by atoms with Gasteiger partial charge >= 0.3 is 0 Å². The molecular weight excluding hydrogens is 236 g/mol. The molecule has 2 heterocycles. The van der Waals surface area contributed by atoms with Crippen LogP contribution in [0.2, 0.25) is 0 Å². The van der Waals surface area contributed by atoms with E-state index < -0.39 is 0 Å². The van der Waals surface area contributed by atoms with E-state index in [9.17, 15) is 0 Å². The molecule has 2 fully saturated rings. The van der Waals surface area contributed by atoms with Crippen molar-refractivity contribution >= 4 is 11.4 Å². The fourth-order valence-electron chi connectivity index (χ4n) is 2.95. The first-order chi connectivity index (χ1) is 9.42. The Morgan fingerprint density at radius 3 is 2.58 bits per heavy atom. The van der Waals surface area contributed by atoms with Gasteiger partial charge in [0.05, 0.1) is 6.61 Å². The molecule has 2 saturated heterocycles. The van der Waals surface area contributed by atoms with Crippen molar-refractivity contribution in [2.75, 3.05) is 43.1 Å². The van der Waals surface area contributed by atoms with E-state index >= 15 is 0 Å². The molecule has 1 unspecified atom stereocenters. The third-order valence-corrected chi connectivity index (χ3v) is 4.21. The topological polar surface area (TPSA) is 24.5 Å². The Labute approximate surface area is 115 Å². The van der Waals surface area contributed by atoms with Crippen LogP contribution in [0, 0.1) is 5.92 Å². The van der Waals surface area contributed by atoms with Crippen LogP contribution in [-0.4, -0.2) is 32.8 Å². The molecule has 0 spiro atoms. The minimum absolute atomic E-state index is 0.682. The molecule has 3 rings (SSSR count). The minimum Gasteiger partial charge on any atom is -0.385 e. The van der Waals surface area contributed by atoms with Gasteiger partial charge in [-0.3, -0.25) is 0 Å². The van der Waals surface area contributed by atoms with Crippen molar-refractivity contribution in [3.05, 3.63) is 24.3 Å². The summed E-state index contributed by atoms with van der Waals surface area (Å²) in [5.74, 6) is 0.682. The summed E-state index contributed by atoms with van der Waals surface area (Å²) >= 11 is 0. The number of piperidine rings is 1. The average Bonchev–Trinajstić information content (AvgIpc) is 3.00. The first-order valence-corrected chi connectivity index (χ1v) is 7.58. The van der Waals surface area contributed by atoms with Gasteiger partial charge in [0, 0.05) is 43.5 Å². The van der Waals surface area contributed by atoms with Crippen molar-refractivity contribution in [1.29, 1.82) is 0 Å². The molecule has 104 valence electrons. The van der Waals surface area contributed by atoms with Gasteiger partial charge in [-0.25, -0.2) is 0 Å². The third kappa shape index (κ3) is 3.41. The van der Waals surface area contributed by atoms with E-state index in [0.717, 1.165) is 19.8 Å². The molecule has 2 aliphatic heterocycles. The molecule has 0 saturated carbocycles. The highest BCUT2D eigenvalue weighted by Crippen LogP contribution is 2.22. The van der Waals surface area contributed by atoms with E-state index in [4.69, 9.17) is 4.74 Å². The molecule has 3 heteroatoms.